The Balaban J connectivity index is 1.73. The van der Waals surface area contributed by atoms with Crippen LogP contribution in [0.5, 0.6) is 0 Å². The Morgan fingerprint density at radius 2 is 2.37 bits per heavy atom. The topological polar surface area (TPSA) is 40.7 Å². The van der Waals surface area contributed by atoms with Gasteiger partial charge in [-0.05, 0) is 25.0 Å². The Bertz CT molecular complexity index is 375. The molecule has 2 rings (SSSR count). The van der Waals surface area contributed by atoms with Crippen LogP contribution in [0.15, 0.2) is 0 Å². The number of hydrogen-bond donors (Lipinski definition) is 2. The van der Waals surface area contributed by atoms with Crippen molar-refractivity contribution in [1.29, 1.82) is 0 Å². The number of halogens is 1. The molecular formula is C14H24ClN3S. The second kappa shape index (κ2) is 8.18. The molecule has 0 radical (unpaired) electrons. The summed E-state index contributed by atoms with van der Waals surface area (Å²) in [6.45, 7) is 4.06. The maximum atomic E-state index is 6.16. The smallest absolute Gasteiger partial charge is 0.151 e. The van der Waals surface area contributed by atoms with E-state index in [4.69, 9.17) is 11.6 Å². The molecule has 5 heteroatoms. The third kappa shape index (κ3) is 5.01. The number of rotatable bonds is 7. The molecule has 19 heavy (non-hydrogen) atoms. The van der Waals surface area contributed by atoms with E-state index in [-0.39, 0.29) is 0 Å². The molecule has 1 aromatic heterocycles. The third-order valence-corrected chi connectivity index (χ3v) is 5.20. The lowest BCUT2D eigenvalue weighted by atomic mass is 10.2. The molecule has 0 spiro atoms. The SMILES string of the molecule is CCCCc1nc(Cl)c(CNCC2CCCCS2)[nH]1. The Hall–Kier alpha value is -0.190. The van der Waals surface area contributed by atoms with Gasteiger partial charge < -0.3 is 10.3 Å². The lowest BCUT2D eigenvalue weighted by Crippen LogP contribution is -2.26. The van der Waals surface area contributed by atoms with E-state index in [2.05, 4.69) is 34.0 Å². The van der Waals surface area contributed by atoms with Gasteiger partial charge >= 0.3 is 0 Å². The van der Waals surface area contributed by atoms with Crippen molar-refractivity contribution in [2.24, 2.45) is 0 Å². The summed E-state index contributed by atoms with van der Waals surface area (Å²) in [6, 6.07) is 0. The highest BCUT2D eigenvalue weighted by Gasteiger charge is 2.14. The molecule has 1 unspecified atom stereocenters. The van der Waals surface area contributed by atoms with E-state index in [1.165, 1.54) is 31.4 Å². The van der Waals surface area contributed by atoms with Crippen LogP contribution < -0.4 is 5.32 Å². The first-order valence-electron chi connectivity index (χ1n) is 7.35. The minimum Gasteiger partial charge on any atom is -0.344 e. The number of H-pyrrole nitrogens is 1. The average molecular weight is 302 g/mol. The van der Waals surface area contributed by atoms with Crippen molar-refractivity contribution in [2.45, 2.75) is 57.2 Å². The summed E-state index contributed by atoms with van der Waals surface area (Å²) < 4.78 is 0. The van der Waals surface area contributed by atoms with Crippen molar-refractivity contribution in [3.05, 3.63) is 16.7 Å². The molecule has 3 nitrogen and oxygen atoms in total. The van der Waals surface area contributed by atoms with Gasteiger partial charge in [-0.25, -0.2) is 4.98 Å². The predicted molar refractivity (Wildman–Crippen MR) is 84.0 cm³/mol. The minimum absolute atomic E-state index is 0.634. The fraction of sp³-hybridized carbons (Fsp3) is 0.786. The first kappa shape index (κ1) is 15.2. The number of aryl methyl sites for hydroxylation is 1. The maximum Gasteiger partial charge on any atom is 0.151 e. The fourth-order valence-electron chi connectivity index (χ4n) is 2.35. The summed E-state index contributed by atoms with van der Waals surface area (Å²) in [5, 5.41) is 4.91. The predicted octanol–water partition coefficient (Wildman–Crippen LogP) is 3.78. The molecule has 1 aliphatic rings. The van der Waals surface area contributed by atoms with Gasteiger partial charge in [0.25, 0.3) is 0 Å². The van der Waals surface area contributed by atoms with E-state index in [1.54, 1.807) is 0 Å². The summed E-state index contributed by atoms with van der Waals surface area (Å²) >= 11 is 8.26. The molecule has 2 N–H and O–H groups in total. The number of thioether (sulfide) groups is 1. The number of unbranched alkanes of at least 4 members (excludes halogenated alkanes) is 1. The summed E-state index contributed by atoms with van der Waals surface area (Å²) in [6.07, 6.45) is 7.45. The van der Waals surface area contributed by atoms with Gasteiger partial charge in [-0.15, -0.1) is 0 Å². The van der Waals surface area contributed by atoms with E-state index >= 15 is 0 Å². The zero-order valence-corrected chi connectivity index (χ0v) is 13.2. The van der Waals surface area contributed by atoms with Crippen molar-refractivity contribution in [3.63, 3.8) is 0 Å². The highest BCUT2D eigenvalue weighted by Crippen LogP contribution is 2.24. The molecule has 2 heterocycles. The van der Waals surface area contributed by atoms with Crippen LogP contribution in [-0.2, 0) is 13.0 Å². The molecule has 0 aliphatic carbocycles. The number of nitrogens with zero attached hydrogens (tertiary/aromatic N) is 1. The third-order valence-electron chi connectivity index (χ3n) is 3.49. The largest absolute Gasteiger partial charge is 0.344 e. The van der Waals surface area contributed by atoms with E-state index in [9.17, 15) is 0 Å². The number of imidazole rings is 1. The number of nitrogens with one attached hydrogen (secondary N) is 2. The first-order chi connectivity index (χ1) is 9.29. The summed E-state index contributed by atoms with van der Waals surface area (Å²) in [5.74, 6) is 2.34. The van der Waals surface area contributed by atoms with Gasteiger partial charge in [0.1, 0.15) is 5.82 Å². The van der Waals surface area contributed by atoms with Crippen molar-refractivity contribution in [3.8, 4) is 0 Å². The van der Waals surface area contributed by atoms with Gasteiger partial charge in [0.15, 0.2) is 5.15 Å². The molecule has 1 atom stereocenters. The van der Waals surface area contributed by atoms with Crippen LogP contribution in [0, 0.1) is 0 Å². The van der Waals surface area contributed by atoms with Crippen LogP contribution in [0.2, 0.25) is 5.15 Å². The number of aromatic amines is 1. The summed E-state index contributed by atoms with van der Waals surface area (Å²) in [5.41, 5.74) is 1.04. The Morgan fingerprint density at radius 3 is 3.11 bits per heavy atom. The van der Waals surface area contributed by atoms with Crippen LogP contribution in [0.3, 0.4) is 0 Å². The minimum atomic E-state index is 0.634. The molecular weight excluding hydrogens is 278 g/mol. The van der Waals surface area contributed by atoms with Gasteiger partial charge in [-0.2, -0.15) is 11.8 Å². The van der Waals surface area contributed by atoms with E-state index in [1.807, 2.05) is 0 Å². The summed E-state index contributed by atoms with van der Waals surface area (Å²) in [7, 11) is 0. The van der Waals surface area contributed by atoms with Gasteiger partial charge in [-0.1, -0.05) is 31.4 Å². The molecule has 0 aromatic carbocycles. The van der Waals surface area contributed by atoms with Crippen molar-refractivity contribution in [1.82, 2.24) is 15.3 Å². The Kier molecular flexibility index (Phi) is 6.54. The molecule has 0 amide bonds. The molecule has 1 aliphatic heterocycles. The van der Waals surface area contributed by atoms with Crippen LogP contribution in [-0.4, -0.2) is 27.5 Å². The molecule has 1 saturated heterocycles. The Labute approximate surface area is 125 Å². The highest BCUT2D eigenvalue weighted by atomic mass is 35.5. The van der Waals surface area contributed by atoms with Crippen LogP contribution in [0.4, 0.5) is 0 Å². The second-order valence-electron chi connectivity index (χ2n) is 5.18. The number of hydrogen-bond acceptors (Lipinski definition) is 3. The van der Waals surface area contributed by atoms with E-state index in [0.717, 1.165) is 42.7 Å². The molecule has 108 valence electrons. The van der Waals surface area contributed by atoms with Crippen LogP contribution >= 0.6 is 23.4 Å². The van der Waals surface area contributed by atoms with Gasteiger partial charge in [0.05, 0.1) is 5.69 Å². The maximum absolute atomic E-state index is 6.16. The van der Waals surface area contributed by atoms with Gasteiger partial charge in [0.2, 0.25) is 0 Å². The zero-order chi connectivity index (χ0) is 13.5. The fourth-order valence-corrected chi connectivity index (χ4v) is 3.84. The van der Waals surface area contributed by atoms with Crippen molar-refractivity contribution >= 4 is 23.4 Å². The molecule has 0 bridgehead atoms. The quantitative estimate of drug-likeness (QED) is 0.805. The lowest BCUT2D eigenvalue weighted by Gasteiger charge is -2.21. The van der Waals surface area contributed by atoms with E-state index in [0.29, 0.717) is 5.15 Å². The Morgan fingerprint density at radius 1 is 1.47 bits per heavy atom. The molecule has 1 fully saturated rings. The van der Waals surface area contributed by atoms with Crippen LogP contribution in [0.25, 0.3) is 0 Å². The zero-order valence-electron chi connectivity index (χ0n) is 11.7. The second-order valence-corrected chi connectivity index (χ2v) is 6.94. The monoisotopic (exact) mass is 301 g/mol. The molecule has 1 aromatic rings. The average Bonchev–Trinajstić information content (AvgIpc) is 2.78. The van der Waals surface area contributed by atoms with Crippen LogP contribution in [0.1, 0.15) is 50.5 Å². The first-order valence-corrected chi connectivity index (χ1v) is 8.78. The highest BCUT2D eigenvalue weighted by molar-refractivity contribution is 7.99. The molecule has 0 saturated carbocycles. The number of aromatic nitrogens is 2. The van der Waals surface area contributed by atoms with Crippen molar-refractivity contribution in [2.75, 3.05) is 12.3 Å². The van der Waals surface area contributed by atoms with Gasteiger partial charge in [-0.3, -0.25) is 0 Å². The standard InChI is InChI=1S/C14H24ClN3S/c1-2-3-7-13-17-12(14(15)18-13)10-16-9-11-6-4-5-8-19-11/h11,16H,2-10H2,1H3,(H,17,18). The summed E-state index contributed by atoms with van der Waals surface area (Å²) in [4.78, 5) is 7.72. The van der Waals surface area contributed by atoms with Crippen molar-refractivity contribution < 1.29 is 0 Å². The van der Waals surface area contributed by atoms with Gasteiger partial charge in [0, 0.05) is 24.8 Å². The lowest BCUT2D eigenvalue weighted by molar-refractivity contribution is 0.594. The normalized spacial score (nSPS) is 19.8. The van der Waals surface area contributed by atoms with E-state index < -0.39 is 0 Å².